The van der Waals surface area contributed by atoms with E-state index in [-0.39, 0.29) is 13.0 Å². The standard InChI is InChI=1S/C8H18FNO/c1-7(2)5-8(10,6-11)3-4-9/h7,11H,3-6,10H2,1-2H3/t8-/m0/s1. The highest BCUT2D eigenvalue weighted by molar-refractivity contribution is 4.83. The van der Waals surface area contributed by atoms with E-state index in [9.17, 15) is 4.39 Å². The molecule has 0 amide bonds. The fourth-order valence-electron chi connectivity index (χ4n) is 1.25. The highest BCUT2D eigenvalue weighted by Gasteiger charge is 2.24. The molecule has 0 aliphatic rings. The predicted molar refractivity (Wildman–Crippen MR) is 44.1 cm³/mol. The van der Waals surface area contributed by atoms with E-state index >= 15 is 0 Å². The van der Waals surface area contributed by atoms with Crippen molar-refractivity contribution < 1.29 is 9.50 Å². The Labute approximate surface area is 67.6 Å². The molecule has 0 spiro atoms. The Morgan fingerprint density at radius 3 is 2.36 bits per heavy atom. The van der Waals surface area contributed by atoms with Crippen molar-refractivity contribution in [1.29, 1.82) is 0 Å². The van der Waals surface area contributed by atoms with Gasteiger partial charge in [0, 0.05) is 5.54 Å². The Morgan fingerprint density at radius 1 is 1.55 bits per heavy atom. The number of aliphatic hydroxyl groups excluding tert-OH is 1. The molecule has 2 nitrogen and oxygen atoms in total. The lowest BCUT2D eigenvalue weighted by Gasteiger charge is -2.27. The number of nitrogens with two attached hydrogens (primary N) is 1. The van der Waals surface area contributed by atoms with E-state index in [2.05, 4.69) is 0 Å². The molecule has 0 fully saturated rings. The minimum Gasteiger partial charge on any atom is -0.394 e. The minimum atomic E-state index is -0.705. The molecule has 1 atom stereocenters. The van der Waals surface area contributed by atoms with E-state index in [1.54, 1.807) is 0 Å². The number of rotatable bonds is 5. The van der Waals surface area contributed by atoms with Crippen LogP contribution in [0.25, 0.3) is 0 Å². The molecule has 0 rings (SSSR count). The second-order valence-electron chi connectivity index (χ2n) is 3.56. The van der Waals surface area contributed by atoms with Gasteiger partial charge in [0.2, 0.25) is 0 Å². The highest BCUT2D eigenvalue weighted by Crippen LogP contribution is 2.17. The zero-order valence-electron chi connectivity index (χ0n) is 7.31. The second-order valence-corrected chi connectivity index (χ2v) is 3.56. The summed E-state index contributed by atoms with van der Waals surface area (Å²) in [7, 11) is 0. The van der Waals surface area contributed by atoms with Gasteiger partial charge in [-0.05, 0) is 18.8 Å². The Kier molecular flexibility index (Phi) is 4.61. The molecular formula is C8H18FNO. The number of aliphatic hydroxyl groups is 1. The maximum atomic E-state index is 11.9. The van der Waals surface area contributed by atoms with Gasteiger partial charge in [-0.2, -0.15) is 0 Å². The Morgan fingerprint density at radius 2 is 2.09 bits per heavy atom. The smallest absolute Gasteiger partial charge is 0.0912 e. The van der Waals surface area contributed by atoms with Crippen molar-refractivity contribution in [3.8, 4) is 0 Å². The van der Waals surface area contributed by atoms with Gasteiger partial charge in [-0.3, -0.25) is 4.39 Å². The van der Waals surface area contributed by atoms with Gasteiger partial charge in [-0.1, -0.05) is 13.8 Å². The molecule has 0 heterocycles. The van der Waals surface area contributed by atoms with Gasteiger partial charge in [-0.25, -0.2) is 0 Å². The van der Waals surface area contributed by atoms with Gasteiger partial charge in [0.1, 0.15) is 0 Å². The van der Waals surface area contributed by atoms with Crippen LogP contribution in [-0.2, 0) is 0 Å². The van der Waals surface area contributed by atoms with Crippen molar-refractivity contribution in [2.45, 2.75) is 32.2 Å². The van der Waals surface area contributed by atoms with Gasteiger partial charge in [0.25, 0.3) is 0 Å². The van der Waals surface area contributed by atoms with Crippen molar-refractivity contribution in [2.24, 2.45) is 11.7 Å². The van der Waals surface area contributed by atoms with Crippen LogP contribution < -0.4 is 5.73 Å². The first-order chi connectivity index (χ1) is 5.04. The van der Waals surface area contributed by atoms with Gasteiger partial charge < -0.3 is 10.8 Å². The molecule has 68 valence electrons. The average molecular weight is 163 g/mol. The fourth-order valence-corrected chi connectivity index (χ4v) is 1.25. The molecule has 3 heteroatoms. The normalized spacial score (nSPS) is 16.9. The maximum absolute atomic E-state index is 11.9. The molecule has 0 aliphatic carbocycles. The lowest BCUT2D eigenvalue weighted by atomic mass is 9.88. The molecule has 0 aliphatic heterocycles. The summed E-state index contributed by atoms with van der Waals surface area (Å²) in [5.74, 6) is 0.402. The Hall–Kier alpha value is -0.150. The quantitative estimate of drug-likeness (QED) is 0.637. The van der Waals surface area contributed by atoms with Crippen LogP contribution in [-0.4, -0.2) is 23.9 Å². The third kappa shape index (κ3) is 4.32. The SMILES string of the molecule is CC(C)C[C@](N)(CO)CCF. The molecule has 0 aromatic heterocycles. The molecule has 0 bridgehead atoms. The maximum Gasteiger partial charge on any atom is 0.0912 e. The average Bonchev–Trinajstić information content (AvgIpc) is 1.87. The zero-order valence-corrected chi connectivity index (χ0v) is 7.31. The number of alkyl halides is 1. The topological polar surface area (TPSA) is 46.2 Å². The summed E-state index contributed by atoms with van der Waals surface area (Å²) in [6.45, 7) is 3.43. The van der Waals surface area contributed by atoms with Crippen molar-refractivity contribution >= 4 is 0 Å². The number of hydrogen-bond donors (Lipinski definition) is 2. The van der Waals surface area contributed by atoms with Crippen LogP contribution in [0.4, 0.5) is 4.39 Å². The van der Waals surface area contributed by atoms with E-state index in [1.807, 2.05) is 13.8 Å². The van der Waals surface area contributed by atoms with E-state index in [4.69, 9.17) is 10.8 Å². The minimum absolute atomic E-state index is 0.130. The van der Waals surface area contributed by atoms with E-state index in [1.165, 1.54) is 0 Å². The summed E-state index contributed by atoms with van der Waals surface area (Å²) >= 11 is 0. The van der Waals surface area contributed by atoms with Gasteiger partial charge in [-0.15, -0.1) is 0 Å². The first-order valence-corrected chi connectivity index (χ1v) is 4.00. The van der Waals surface area contributed by atoms with Crippen molar-refractivity contribution in [3.63, 3.8) is 0 Å². The van der Waals surface area contributed by atoms with Crippen LogP contribution in [0.3, 0.4) is 0 Å². The molecular weight excluding hydrogens is 145 g/mol. The largest absolute Gasteiger partial charge is 0.394 e. The van der Waals surface area contributed by atoms with Crippen LogP contribution in [0.2, 0.25) is 0 Å². The monoisotopic (exact) mass is 163 g/mol. The Balaban J connectivity index is 3.87. The first-order valence-electron chi connectivity index (χ1n) is 4.00. The van der Waals surface area contributed by atoms with Crippen LogP contribution in [0.1, 0.15) is 26.7 Å². The molecule has 0 saturated carbocycles. The van der Waals surface area contributed by atoms with E-state index < -0.39 is 12.2 Å². The number of hydrogen-bond acceptors (Lipinski definition) is 2. The molecule has 0 radical (unpaired) electrons. The van der Waals surface area contributed by atoms with Crippen LogP contribution in [0, 0.1) is 5.92 Å². The summed E-state index contributed by atoms with van der Waals surface area (Å²) < 4.78 is 11.9. The van der Waals surface area contributed by atoms with Crippen molar-refractivity contribution in [3.05, 3.63) is 0 Å². The fraction of sp³-hybridized carbons (Fsp3) is 1.00. The first kappa shape index (κ1) is 10.8. The number of halogens is 1. The zero-order chi connectivity index (χ0) is 8.91. The third-order valence-corrected chi connectivity index (χ3v) is 1.72. The molecule has 0 aromatic carbocycles. The van der Waals surface area contributed by atoms with Crippen LogP contribution in [0.15, 0.2) is 0 Å². The summed E-state index contributed by atoms with van der Waals surface area (Å²) in [6.07, 6.45) is 0.926. The van der Waals surface area contributed by atoms with Crippen LogP contribution >= 0.6 is 0 Å². The van der Waals surface area contributed by atoms with Crippen LogP contribution in [0.5, 0.6) is 0 Å². The summed E-state index contributed by atoms with van der Waals surface area (Å²) in [5.41, 5.74) is 5.01. The highest BCUT2D eigenvalue weighted by atomic mass is 19.1. The molecule has 11 heavy (non-hydrogen) atoms. The van der Waals surface area contributed by atoms with E-state index in [0.717, 1.165) is 0 Å². The molecule has 0 unspecified atom stereocenters. The summed E-state index contributed by atoms with van der Waals surface area (Å²) in [5, 5.41) is 8.87. The van der Waals surface area contributed by atoms with Gasteiger partial charge >= 0.3 is 0 Å². The third-order valence-electron chi connectivity index (χ3n) is 1.72. The predicted octanol–water partition coefficient (Wildman–Crippen LogP) is 1.08. The molecule has 3 N–H and O–H groups in total. The summed E-state index contributed by atoms with van der Waals surface area (Å²) in [4.78, 5) is 0. The van der Waals surface area contributed by atoms with Crippen molar-refractivity contribution in [1.82, 2.24) is 0 Å². The lowest BCUT2D eigenvalue weighted by Crippen LogP contribution is -2.45. The Bertz CT molecular complexity index is 108. The van der Waals surface area contributed by atoms with E-state index in [0.29, 0.717) is 12.3 Å². The van der Waals surface area contributed by atoms with Gasteiger partial charge in [0.15, 0.2) is 0 Å². The lowest BCUT2D eigenvalue weighted by molar-refractivity contribution is 0.156. The second kappa shape index (κ2) is 4.67. The van der Waals surface area contributed by atoms with Crippen molar-refractivity contribution in [2.75, 3.05) is 13.3 Å². The molecule has 0 saturated heterocycles. The molecule has 0 aromatic rings. The summed E-state index contributed by atoms with van der Waals surface area (Å²) in [6, 6.07) is 0. The van der Waals surface area contributed by atoms with Gasteiger partial charge in [0.05, 0.1) is 13.3 Å².